The summed E-state index contributed by atoms with van der Waals surface area (Å²) in [4.78, 5) is 4.28. The SMILES string of the molecule is Cc1nc(Cl)c2nnc(C(C)C3CC3)n2c1C. The van der Waals surface area contributed by atoms with Gasteiger partial charge >= 0.3 is 0 Å². The highest BCUT2D eigenvalue weighted by atomic mass is 35.5. The topological polar surface area (TPSA) is 43.1 Å². The van der Waals surface area contributed by atoms with Crippen LogP contribution in [0.4, 0.5) is 0 Å². The molecule has 1 aliphatic carbocycles. The largest absolute Gasteiger partial charge is 0.279 e. The maximum absolute atomic E-state index is 6.11. The van der Waals surface area contributed by atoms with Crippen LogP contribution in [0.5, 0.6) is 0 Å². The Hall–Kier alpha value is -1.16. The molecule has 17 heavy (non-hydrogen) atoms. The summed E-state index contributed by atoms with van der Waals surface area (Å²) in [6.07, 6.45) is 2.60. The van der Waals surface area contributed by atoms with Gasteiger partial charge in [-0.2, -0.15) is 0 Å². The first-order chi connectivity index (χ1) is 8.09. The molecular weight excluding hydrogens is 236 g/mol. The maximum Gasteiger partial charge on any atom is 0.198 e. The molecule has 2 aromatic heterocycles. The third-order valence-electron chi connectivity index (χ3n) is 3.73. The van der Waals surface area contributed by atoms with E-state index in [0.717, 1.165) is 23.1 Å². The van der Waals surface area contributed by atoms with Crippen molar-refractivity contribution < 1.29 is 0 Å². The Bertz CT molecular complexity index is 586. The Kier molecular flexibility index (Phi) is 2.36. The molecule has 1 atom stereocenters. The average Bonchev–Trinajstić information content (AvgIpc) is 3.03. The normalized spacial score (nSPS) is 17.6. The summed E-state index contributed by atoms with van der Waals surface area (Å²) in [5.41, 5.74) is 2.70. The molecule has 2 heterocycles. The first-order valence-corrected chi connectivity index (χ1v) is 6.35. The van der Waals surface area contributed by atoms with E-state index >= 15 is 0 Å². The molecule has 1 unspecified atom stereocenters. The van der Waals surface area contributed by atoms with Crippen molar-refractivity contribution in [1.82, 2.24) is 19.6 Å². The zero-order valence-electron chi connectivity index (χ0n) is 10.2. The van der Waals surface area contributed by atoms with Crippen LogP contribution in [0.15, 0.2) is 0 Å². The second kappa shape index (κ2) is 3.67. The van der Waals surface area contributed by atoms with Crippen molar-refractivity contribution in [2.24, 2.45) is 5.92 Å². The minimum absolute atomic E-state index is 0.440. The molecule has 0 spiro atoms. The van der Waals surface area contributed by atoms with Crippen LogP contribution in [0.3, 0.4) is 0 Å². The summed E-state index contributed by atoms with van der Waals surface area (Å²) < 4.78 is 2.06. The number of halogens is 1. The summed E-state index contributed by atoms with van der Waals surface area (Å²) in [7, 11) is 0. The molecule has 0 saturated heterocycles. The molecule has 0 N–H and O–H groups in total. The van der Waals surface area contributed by atoms with Crippen molar-refractivity contribution in [3.63, 3.8) is 0 Å². The van der Waals surface area contributed by atoms with Crippen molar-refractivity contribution in [3.8, 4) is 0 Å². The van der Waals surface area contributed by atoms with E-state index in [-0.39, 0.29) is 0 Å². The summed E-state index contributed by atoms with van der Waals surface area (Å²) in [5.74, 6) is 2.23. The van der Waals surface area contributed by atoms with Crippen LogP contribution in [-0.4, -0.2) is 19.6 Å². The smallest absolute Gasteiger partial charge is 0.198 e. The van der Waals surface area contributed by atoms with Gasteiger partial charge in [0.05, 0.1) is 5.69 Å². The van der Waals surface area contributed by atoms with E-state index in [1.54, 1.807) is 0 Å². The molecular formula is C12H15ClN4. The fourth-order valence-corrected chi connectivity index (χ4v) is 2.55. The molecule has 0 aromatic carbocycles. The number of aryl methyl sites for hydroxylation is 2. The minimum Gasteiger partial charge on any atom is -0.279 e. The number of fused-ring (bicyclic) bond motifs is 1. The molecule has 0 bridgehead atoms. The predicted octanol–water partition coefficient (Wildman–Crippen LogP) is 2.91. The van der Waals surface area contributed by atoms with E-state index in [1.807, 2.05) is 13.8 Å². The molecule has 0 aliphatic heterocycles. The first kappa shape index (κ1) is 11.0. The van der Waals surface area contributed by atoms with Gasteiger partial charge in [-0.1, -0.05) is 18.5 Å². The lowest BCUT2D eigenvalue weighted by Gasteiger charge is -2.11. The molecule has 3 rings (SSSR count). The van der Waals surface area contributed by atoms with Crippen LogP contribution in [0.25, 0.3) is 5.65 Å². The number of nitrogens with zero attached hydrogens (tertiary/aromatic N) is 4. The quantitative estimate of drug-likeness (QED) is 0.823. The zero-order valence-corrected chi connectivity index (χ0v) is 11.0. The molecule has 1 aliphatic rings. The van der Waals surface area contributed by atoms with E-state index in [0.29, 0.717) is 16.7 Å². The van der Waals surface area contributed by atoms with Crippen LogP contribution >= 0.6 is 11.6 Å². The second-order valence-corrected chi connectivity index (χ2v) is 5.27. The van der Waals surface area contributed by atoms with Crippen LogP contribution in [-0.2, 0) is 0 Å². The highest BCUT2D eigenvalue weighted by molar-refractivity contribution is 6.32. The zero-order chi connectivity index (χ0) is 12.2. The number of aromatic nitrogens is 4. The van der Waals surface area contributed by atoms with E-state index in [1.165, 1.54) is 12.8 Å². The lowest BCUT2D eigenvalue weighted by Crippen LogP contribution is -2.07. The molecule has 0 amide bonds. The average molecular weight is 251 g/mol. The van der Waals surface area contributed by atoms with Gasteiger partial charge in [-0.15, -0.1) is 10.2 Å². The van der Waals surface area contributed by atoms with Gasteiger partial charge in [0.2, 0.25) is 0 Å². The van der Waals surface area contributed by atoms with Crippen LogP contribution in [0, 0.1) is 19.8 Å². The van der Waals surface area contributed by atoms with Gasteiger partial charge in [0.1, 0.15) is 5.82 Å². The molecule has 90 valence electrons. The minimum atomic E-state index is 0.440. The Morgan fingerprint density at radius 3 is 2.65 bits per heavy atom. The van der Waals surface area contributed by atoms with Gasteiger partial charge < -0.3 is 0 Å². The van der Waals surface area contributed by atoms with Crippen molar-refractivity contribution in [2.75, 3.05) is 0 Å². The van der Waals surface area contributed by atoms with Gasteiger partial charge in [-0.05, 0) is 32.6 Å². The van der Waals surface area contributed by atoms with Gasteiger partial charge in [-0.25, -0.2) is 4.98 Å². The van der Waals surface area contributed by atoms with Crippen molar-refractivity contribution >= 4 is 17.2 Å². The molecule has 2 aromatic rings. The lowest BCUT2D eigenvalue weighted by molar-refractivity contribution is 0.610. The third kappa shape index (κ3) is 1.62. The Morgan fingerprint density at radius 1 is 1.29 bits per heavy atom. The highest BCUT2D eigenvalue weighted by Crippen LogP contribution is 2.42. The monoisotopic (exact) mass is 250 g/mol. The van der Waals surface area contributed by atoms with Crippen LogP contribution in [0.2, 0.25) is 5.15 Å². The summed E-state index contributed by atoms with van der Waals surface area (Å²) in [5, 5.41) is 8.92. The summed E-state index contributed by atoms with van der Waals surface area (Å²) in [6, 6.07) is 0. The molecule has 4 nitrogen and oxygen atoms in total. The number of rotatable bonds is 2. The molecule has 1 saturated carbocycles. The van der Waals surface area contributed by atoms with Crippen LogP contribution in [0.1, 0.15) is 42.9 Å². The van der Waals surface area contributed by atoms with Gasteiger partial charge in [0.25, 0.3) is 0 Å². The van der Waals surface area contributed by atoms with Crippen molar-refractivity contribution in [2.45, 2.75) is 39.5 Å². The summed E-state index contributed by atoms with van der Waals surface area (Å²) >= 11 is 6.11. The van der Waals surface area contributed by atoms with E-state index in [4.69, 9.17) is 11.6 Å². The Morgan fingerprint density at radius 2 is 2.00 bits per heavy atom. The van der Waals surface area contributed by atoms with Crippen LogP contribution < -0.4 is 0 Å². The maximum atomic E-state index is 6.11. The van der Waals surface area contributed by atoms with E-state index in [9.17, 15) is 0 Å². The standard InChI is InChI=1S/C12H15ClN4/c1-6(9-4-5-9)11-15-16-12-10(13)14-7(2)8(3)17(11)12/h6,9H,4-5H2,1-3H3. The fourth-order valence-electron chi connectivity index (χ4n) is 2.30. The van der Waals surface area contributed by atoms with Crippen molar-refractivity contribution in [1.29, 1.82) is 0 Å². The fraction of sp³-hybridized carbons (Fsp3) is 0.583. The molecule has 0 radical (unpaired) electrons. The molecule has 1 fully saturated rings. The predicted molar refractivity (Wildman–Crippen MR) is 66.4 cm³/mol. The lowest BCUT2D eigenvalue weighted by atomic mass is 10.1. The second-order valence-electron chi connectivity index (χ2n) is 4.92. The van der Waals surface area contributed by atoms with Gasteiger partial charge in [0, 0.05) is 11.6 Å². The number of hydrogen-bond donors (Lipinski definition) is 0. The first-order valence-electron chi connectivity index (χ1n) is 5.97. The van der Waals surface area contributed by atoms with Crippen molar-refractivity contribution in [3.05, 3.63) is 22.4 Å². The Balaban J connectivity index is 2.25. The van der Waals surface area contributed by atoms with E-state index < -0.39 is 0 Å². The third-order valence-corrected chi connectivity index (χ3v) is 3.99. The van der Waals surface area contributed by atoms with Gasteiger partial charge in [-0.3, -0.25) is 4.40 Å². The summed E-state index contributed by atoms with van der Waals surface area (Å²) in [6.45, 7) is 6.22. The van der Waals surface area contributed by atoms with E-state index in [2.05, 4.69) is 26.5 Å². The number of hydrogen-bond acceptors (Lipinski definition) is 3. The Labute approximate surface area is 105 Å². The highest BCUT2D eigenvalue weighted by Gasteiger charge is 2.32. The van der Waals surface area contributed by atoms with Gasteiger partial charge in [0.15, 0.2) is 10.8 Å². The molecule has 5 heteroatoms.